The van der Waals surface area contributed by atoms with Crippen LogP contribution in [0.2, 0.25) is 0 Å². The average Bonchev–Trinajstić information content (AvgIpc) is 2.43. The van der Waals surface area contributed by atoms with E-state index in [1.54, 1.807) is 19.5 Å². The molecule has 0 unspecified atom stereocenters. The van der Waals surface area contributed by atoms with Gasteiger partial charge in [0.25, 0.3) is 0 Å². The first-order valence-corrected chi connectivity index (χ1v) is 7.10. The molecule has 0 aliphatic heterocycles. The first-order chi connectivity index (χ1) is 9.61. The lowest BCUT2D eigenvalue weighted by atomic mass is 9.99. The zero-order valence-corrected chi connectivity index (χ0v) is 13.0. The molecule has 2 nitrogen and oxygen atoms in total. The van der Waals surface area contributed by atoms with Crippen molar-refractivity contribution in [2.75, 3.05) is 12.4 Å². The van der Waals surface area contributed by atoms with E-state index in [-0.39, 0.29) is 5.82 Å². The highest BCUT2D eigenvalue weighted by Gasteiger charge is 2.09. The number of benzene rings is 2. The minimum atomic E-state index is -0.246. The number of hydrogen-bond acceptors (Lipinski definition) is 1. The minimum absolute atomic E-state index is 0.246. The molecule has 0 saturated carbocycles. The Bertz CT molecular complexity index is 638. The van der Waals surface area contributed by atoms with Gasteiger partial charge >= 0.3 is 0 Å². The standard InChI is InChI=1S/C16H16BrFN2/c1-11-13(7-12-5-3-4-6-15(12)17)8-14(18)9-16(11)20-10-19-2/h3-6,8-10H,7H2,1-2H3,(H,19,20). The monoisotopic (exact) mass is 334 g/mol. The summed E-state index contributed by atoms with van der Waals surface area (Å²) in [6.07, 6.45) is 2.24. The van der Waals surface area contributed by atoms with Gasteiger partial charge in [0, 0.05) is 17.2 Å². The number of hydrogen-bond donors (Lipinski definition) is 1. The Morgan fingerprint density at radius 2 is 2.00 bits per heavy atom. The van der Waals surface area contributed by atoms with Crippen molar-refractivity contribution in [3.05, 3.63) is 63.4 Å². The third-order valence-electron chi connectivity index (χ3n) is 3.17. The number of nitrogens with one attached hydrogen (secondary N) is 1. The van der Waals surface area contributed by atoms with Gasteiger partial charge in [-0.25, -0.2) is 4.39 Å². The quantitative estimate of drug-likeness (QED) is 0.643. The maximum Gasteiger partial charge on any atom is 0.125 e. The highest BCUT2D eigenvalue weighted by molar-refractivity contribution is 9.10. The lowest BCUT2D eigenvalue weighted by molar-refractivity contribution is 0.626. The van der Waals surface area contributed by atoms with E-state index in [2.05, 4.69) is 26.2 Å². The molecule has 0 spiro atoms. The van der Waals surface area contributed by atoms with E-state index in [1.807, 2.05) is 31.2 Å². The van der Waals surface area contributed by atoms with Crippen molar-refractivity contribution in [1.29, 1.82) is 0 Å². The Balaban J connectivity index is 2.37. The number of nitrogens with zero attached hydrogens (tertiary/aromatic N) is 1. The van der Waals surface area contributed by atoms with E-state index in [0.717, 1.165) is 26.9 Å². The largest absolute Gasteiger partial charge is 0.346 e. The number of rotatable bonds is 4. The van der Waals surface area contributed by atoms with Crippen LogP contribution >= 0.6 is 15.9 Å². The number of aliphatic imine (C=N–C) groups is 1. The Kier molecular flexibility index (Phi) is 4.90. The topological polar surface area (TPSA) is 24.4 Å². The zero-order chi connectivity index (χ0) is 14.5. The molecule has 0 radical (unpaired) electrons. The Morgan fingerprint density at radius 3 is 2.70 bits per heavy atom. The van der Waals surface area contributed by atoms with Crippen molar-refractivity contribution in [2.45, 2.75) is 13.3 Å². The van der Waals surface area contributed by atoms with Crippen LogP contribution in [0.25, 0.3) is 0 Å². The van der Waals surface area contributed by atoms with Crippen molar-refractivity contribution in [3.8, 4) is 0 Å². The van der Waals surface area contributed by atoms with Crippen LogP contribution in [-0.4, -0.2) is 13.4 Å². The molecule has 2 aromatic carbocycles. The Labute approximate surface area is 126 Å². The van der Waals surface area contributed by atoms with Gasteiger partial charge in [-0.15, -0.1) is 0 Å². The van der Waals surface area contributed by atoms with Gasteiger partial charge in [0.15, 0.2) is 0 Å². The van der Waals surface area contributed by atoms with Gasteiger partial charge in [0.2, 0.25) is 0 Å². The molecule has 20 heavy (non-hydrogen) atoms. The van der Waals surface area contributed by atoms with Crippen LogP contribution in [0, 0.1) is 12.7 Å². The second-order valence-corrected chi connectivity index (χ2v) is 5.39. The van der Waals surface area contributed by atoms with Gasteiger partial charge in [-0.05, 0) is 48.2 Å². The summed E-state index contributed by atoms with van der Waals surface area (Å²) in [5.74, 6) is -0.246. The molecule has 0 aliphatic carbocycles. The van der Waals surface area contributed by atoms with Crippen molar-refractivity contribution in [1.82, 2.24) is 0 Å². The maximum atomic E-state index is 13.7. The van der Waals surface area contributed by atoms with Gasteiger partial charge < -0.3 is 5.32 Å². The smallest absolute Gasteiger partial charge is 0.125 e. The van der Waals surface area contributed by atoms with E-state index in [1.165, 1.54) is 6.07 Å². The van der Waals surface area contributed by atoms with Crippen LogP contribution in [-0.2, 0) is 6.42 Å². The van der Waals surface area contributed by atoms with E-state index >= 15 is 0 Å². The van der Waals surface area contributed by atoms with Gasteiger partial charge in [0.05, 0.1) is 6.34 Å². The molecule has 0 aromatic heterocycles. The molecule has 2 aromatic rings. The summed E-state index contributed by atoms with van der Waals surface area (Å²) in [6.45, 7) is 1.98. The van der Waals surface area contributed by atoms with Crippen LogP contribution in [0.4, 0.5) is 10.1 Å². The van der Waals surface area contributed by atoms with Crippen molar-refractivity contribution >= 4 is 28.0 Å². The molecule has 0 amide bonds. The van der Waals surface area contributed by atoms with Crippen LogP contribution in [0.1, 0.15) is 16.7 Å². The molecule has 0 heterocycles. The molecular formula is C16H16BrFN2. The van der Waals surface area contributed by atoms with Crippen molar-refractivity contribution < 1.29 is 4.39 Å². The van der Waals surface area contributed by atoms with Gasteiger partial charge in [-0.2, -0.15) is 0 Å². The summed E-state index contributed by atoms with van der Waals surface area (Å²) < 4.78 is 14.8. The lowest BCUT2D eigenvalue weighted by Gasteiger charge is -2.12. The molecule has 1 N–H and O–H groups in total. The van der Waals surface area contributed by atoms with Crippen LogP contribution in [0.3, 0.4) is 0 Å². The van der Waals surface area contributed by atoms with E-state index in [4.69, 9.17) is 0 Å². The summed E-state index contributed by atoms with van der Waals surface area (Å²) >= 11 is 3.53. The first kappa shape index (κ1) is 14.7. The van der Waals surface area contributed by atoms with Crippen LogP contribution < -0.4 is 5.32 Å². The summed E-state index contributed by atoms with van der Waals surface area (Å²) in [5.41, 5.74) is 3.87. The second-order valence-electron chi connectivity index (χ2n) is 4.54. The Morgan fingerprint density at radius 1 is 1.25 bits per heavy atom. The molecule has 0 bridgehead atoms. The SMILES string of the molecule is CN=CNc1cc(F)cc(Cc2ccccc2Br)c1C. The highest BCUT2D eigenvalue weighted by atomic mass is 79.9. The summed E-state index contributed by atoms with van der Waals surface area (Å²) in [4.78, 5) is 3.86. The normalized spacial score (nSPS) is 11.0. The minimum Gasteiger partial charge on any atom is -0.346 e. The van der Waals surface area contributed by atoms with E-state index in [0.29, 0.717) is 6.42 Å². The third-order valence-corrected chi connectivity index (χ3v) is 3.94. The van der Waals surface area contributed by atoms with E-state index in [9.17, 15) is 4.39 Å². The Hall–Kier alpha value is -1.68. The first-order valence-electron chi connectivity index (χ1n) is 6.31. The molecular weight excluding hydrogens is 319 g/mol. The summed E-state index contributed by atoms with van der Waals surface area (Å²) in [5, 5.41) is 3.00. The molecule has 4 heteroatoms. The fourth-order valence-electron chi connectivity index (χ4n) is 2.05. The molecule has 104 valence electrons. The highest BCUT2D eigenvalue weighted by Crippen LogP contribution is 2.26. The van der Waals surface area contributed by atoms with Crippen molar-refractivity contribution in [2.24, 2.45) is 4.99 Å². The molecule has 0 saturated heterocycles. The zero-order valence-electron chi connectivity index (χ0n) is 11.5. The molecule has 0 fully saturated rings. The van der Waals surface area contributed by atoms with Gasteiger partial charge in [-0.1, -0.05) is 34.1 Å². The maximum absolute atomic E-state index is 13.7. The van der Waals surface area contributed by atoms with Gasteiger partial charge in [-0.3, -0.25) is 4.99 Å². The third kappa shape index (κ3) is 3.45. The molecule has 0 atom stereocenters. The van der Waals surface area contributed by atoms with Crippen LogP contribution in [0.15, 0.2) is 45.9 Å². The predicted molar refractivity (Wildman–Crippen MR) is 86.1 cm³/mol. The van der Waals surface area contributed by atoms with Crippen molar-refractivity contribution in [3.63, 3.8) is 0 Å². The number of anilines is 1. The molecule has 2 rings (SSSR count). The fraction of sp³-hybridized carbons (Fsp3) is 0.188. The summed E-state index contributed by atoms with van der Waals surface area (Å²) in [7, 11) is 1.67. The second kappa shape index (κ2) is 6.66. The van der Waals surface area contributed by atoms with E-state index < -0.39 is 0 Å². The average molecular weight is 335 g/mol. The predicted octanol–water partition coefficient (Wildman–Crippen LogP) is 4.56. The summed E-state index contributed by atoms with van der Waals surface area (Å²) in [6, 6.07) is 11.1. The lowest BCUT2D eigenvalue weighted by Crippen LogP contribution is -2.02. The van der Waals surface area contributed by atoms with Gasteiger partial charge in [0.1, 0.15) is 5.82 Å². The fourth-order valence-corrected chi connectivity index (χ4v) is 2.48. The molecule has 0 aliphatic rings. The number of halogens is 2. The van der Waals surface area contributed by atoms with Crippen LogP contribution in [0.5, 0.6) is 0 Å².